The number of pyridine rings is 1. The Kier molecular flexibility index (Phi) is 8.19. The Bertz CT molecular complexity index is 1410. The number of hydrogen-bond donors (Lipinski definition) is 0. The van der Waals surface area contributed by atoms with Crippen LogP contribution < -0.4 is 10.3 Å². The summed E-state index contributed by atoms with van der Waals surface area (Å²) in [4.78, 5) is 48.7. The average Bonchev–Trinajstić information content (AvgIpc) is 2.93. The van der Waals surface area contributed by atoms with E-state index in [0.717, 1.165) is 5.56 Å². The first-order valence-electron chi connectivity index (χ1n) is 12.1. The Hall–Kier alpha value is -4.18. The van der Waals surface area contributed by atoms with Crippen LogP contribution in [-0.2, 0) is 6.54 Å². The molecule has 4 rings (SSSR count). The van der Waals surface area contributed by atoms with Crippen LogP contribution in [0.25, 0.3) is 11.0 Å². The average molecular weight is 502 g/mol. The molecule has 3 heterocycles. The number of carbonyl (C=O) groups is 1. The molecule has 10 heteroatoms. The molecule has 0 spiro atoms. The molecule has 0 aliphatic rings. The van der Waals surface area contributed by atoms with E-state index in [0.29, 0.717) is 48.5 Å². The first-order valence-corrected chi connectivity index (χ1v) is 12.1. The van der Waals surface area contributed by atoms with Crippen molar-refractivity contribution in [3.63, 3.8) is 0 Å². The van der Waals surface area contributed by atoms with E-state index < -0.39 is 6.04 Å². The normalized spacial score (nSPS) is 12.0. The first-order chi connectivity index (χ1) is 17.9. The van der Waals surface area contributed by atoms with E-state index in [-0.39, 0.29) is 17.5 Å². The zero-order valence-electron chi connectivity index (χ0n) is 21.5. The molecule has 192 valence electrons. The van der Waals surface area contributed by atoms with Gasteiger partial charge in [-0.05, 0) is 38.2 Å². The van der Waals surface area contributed by atoms with E-state index in [1.54, 1.807) is 27.8 Å². The SMILES string of the molecule is CCC(c1nc2ncccc2c(=O)n1Cc1ccccc1)N(CCN(C)C)C(=O)c1cnc(OC)nc1. The number of aromatic nitrogens is 5. The molecular weight excluding hydrogens is 470 g/mol. The maximum Gasteiger partial charge on any atom is 0.316 e. The van der Waals surface area contributed by atoms with Gasteiger partial charge in [0.2, 0.25) is 0 Å². The molecule has 0 aliphatic carbocycles. The van der Waals surface area contributed by atoms with Gasteiger partial charge in [-0.25, -0.2) is 19.9 Å². The number of carbonyl (C=O) groups excluding carboxylic acids is 1. The lowest BCUT2D eigenvalue weighted by Gasteiger charge is -2.33. The summed E-state index contributed by atoms with van der Waals surface area (Å²) < 4.78 is 6.70. The van der Waals surface area contributed by atoms with E-state index in [4.69, 9.17) is 9.72 Å². The monoisotopic (exact) mass is 501 g/mol. The molecule has 0 fully saturated rings. The summed E-state index contributed by atoms with van der Waals surface area (Å²) in [5, 5.41) is 0.437. The molecule has 37 heavy (non-hydrogen) atoms. The van der Waals surface area contributed by atoms with Crippen LogP contribution in [0.3, 0.4) is 0 Å². The highest BCUT2D eigenvalue weighted by molar-refractivity contribution is 5.94. The number of rotatable bonds is 10. The van der Waals surface area contributed by atoms with Crippen LogP contribution in [0.5, 0.6) is 6.01 Å². The van der Waals surface area contributed by atoms with Crippen molar-refractivity contribution in [2.75, 3.05) is 34.3 Å². The van der Waals surface area contributed by atoms with Gasteiger partial charge in [-0.2, -0.15) is 0 Å². The van der Waals surface area contributed by atoms with Gasteiger partial charge in [0.15, 0.2) is 5.65 Å². The molecule has 4 aromatic rings. The van der Waals surface area contributed by atoms with Gasteiger partial charge < -0.3 is 14.5 Å². The van der Waals surface area contributed by atoms with Gasteiger partial charge in [-0.15, -0.1) is 0 Å². The van der Waals surface area contributed by atoms with Crippen LogP contribution in [0.15, 0.2) is 65.8 Å². The van der Waals surface area contributed by atoms with Crippen molar-refractivity contribution in [3.05, 3.63) is 88.4 Å². The minimum absolute atomic E-state index is 0.183. The largest absolute Gasteiger partial charge is 0.467 e. The van der Waals surface area contributed by atoms with Crippen molar-refractivity contribution in [2.45, 2.75) is 25.9 Å². The highest BCUT2D eigenvalue weighted by Gasteiger charge is 2.30. The van der Waals surface area contributed by atoms with Crippen molar-refractivity contribution in [2.24, 2.45) is 0 Å². The number of methoxy groups -OCH3 is 1. The minimum atomic E-state index is -0.489. The van der Waals surface area contributed by atoms with Crippen LogP contribution >= 0.6 is 0 Å². The summed E-state index contributed by atoms with van der Waals surface area (Å²) in [6.45, 7) is 3.34. The lowest BCUT2D eigenvalue weighted by Crippen LogP contribution is -2.42. The van der Waals surface area contributed by atoms with Gasteiger partial charge in [0.25, 0.3) is 11.5 Å². The summed E-state index contributed by atoms with van der Waals surface area (Å²) in [5.41, 5.74) is 1.45. The molecule has 1 aromatic carbocycles. The number of fused-ring (bicyclic) bond motifs is 1. The molecule has 0 aliphatic heterocycles. The van der Waals surface area contributed by atoms with E-state index in [1.807, 2.05) is 56.3 Å². The summed E-state index contributed by atoms with van der Waals surface area (Å²) in [6, 6.07) is 12.9. The maximum atomic E-state index is 13.8. The molecule has 0 radical (unpaired) electrons. The third-order valence-electron chi connectivity index (χ3n) is 6.11. The highest BCUT2D eigenvalue weighted by Crippen LogP contribution is 2.26. The molecule has 0 N–H and O–H groups in total. The van der Waals surface area contributed by atoms with Gasteiger partial charge >= 0.3 is 6.01 Å². The summed E-state index contributed by atoms with van der Waals surface area (Å²) in [5.74, 6) is 0.238. The second-order valence-corrected chi connectivity index (χ2v) is 8.91. The van der Waals surface area contributed by atoms with Crippen molar-refractivity contribution in [1.29, 1.82) is 0 Å². The predicted octanol–water partition coefficient (Wildman–Crippen LogP) is 2.79. The smallest absolute Gasteiger partial charge is 0.316 e. The molecule has 1 amide bonds. The van der Waals surface area contributed by atoms with Crippen molar-refractivity contribution < 1.29 is 9.53 Å². The van der Waals surface area contributed by atoms with Gasteiger partial charge in [0.1, 0.15) is 5.82 Å². The quantitative estimate of drug-likeness (QED) is 0.327. The van der Waals surface area contributed by atoms with Gasteiger partial charge in [0.05, 0.1) is 30.6 Å². The first kappa shape index (κ1) is 25.9. The van der Waals surface area contributed by atoms with E-state index >= 15 is 0 Å². The number of likely N-dealkylation sites (N-methyl/N-ethyl adjacent to an activating group) is 1. The summed E-state index contributed by atoms with van der Waals surface area (Å²) >= 11 is 0. The molecule has 1 unspecified atom stereocenters. The van der Waals surface area contributed by atoms with Crippen LogP contribution in [0.4, 0.5) is 0 Å². The Morgan fingerprint density at radius 2 is 1.76 bits per heavy atom. The second-order valence-electron chi connectivity index (χ2n) is 8.91. The Labute approximate surface area is 215 Å². The molecule has 3 aromatic heterocycles. The third kappa shape index (κ3) is 5.80. The summed E-state index contributed by atoms with van der Waals surface area (Å²) in [6.07, 6.45) is 5.06. The molecule has 0 bridgehead atoms. The summed E-state index contributed by atoms with van der Waals surface area (Å²) in [7, 11) is 5.37. The lowest BCUT2D eigenvalue weighted by molar-refractivity contribution is 0.0641. The molecule has 0 saturated heterocycles. The van der Waals surface area contributed by atoms with E-state index in [2.05, 4.69) is 15.0 Å². The fourth-order valence-corrected chi connectivity index (χ4v) is 4.19. The number of benzene rings is 1. The molecule has 1 atom stereocenters. The topological polar surface area (TPSA) is 106 Å². The van der Waals surface area contributed by atoms with Crippen LogP contribution in [0.1, 0.15) is 41.1 Å². The van der Waals surface area contributed by atoms with Crippen molar-refractivity contribution >= 4 is 16.9 Å². The Morgan fingerprint density at radius 3 is 2.41 bits per heavy atom. The number of hydrogen-bond acceptors (Lipinski definition) is 8. The number of amides is 1. The Balaban J connectivity index is 1.85. The molecular formula is C27H31N7O3. The van der Waals surface area contributed by atoms with Crippen molar-refractivity contribution in [3.8, 4) is 6.01 Å². The van der Waals surface area contributed by atoms with Gasteiger partial charge in [0, 0.05) is 31.7 Å². The van der Waals surface area contributed by atoms with Crippen LogP contribution in [0.2, 0.25) is 0 Å². The lowest BCUT2D eigenvalue weighted by atomic mass is 10.1. The Morgan fingerprint density at radius 1 is 1.03 bits per heavy atom. The maximum absolute atomic E-state index is 13.8. The van der Waals surface area contributed by atoms with E-state index in [1.165, 1.54) is 19.5 Å². The molecule has 10 nitrogen and oxygen atoms in total. The molecule has 0 saturated carbocycles. The zero-order valence-corrected chi connectivity index (χ0v) is 21.5. The fraction of sp³-hybridized carbons (Fsp3) is 0.333. The van der Waals surface area contributed by atoms with Gasteiger partial charge in [-0.3, -0.25) is 14.2 Å². The minimum Gasteiger partial charge on any atom is -0.467 e. The van der Waals surface area contributed by atoms with Gasteiger partial charge in [-0.1, -0.05) is 37.3 Å². The zero-order chi connectivity index (χ0) is 26.4. The fourth-order valence-electron chi connectivity index (χ4n) is 4.19. The van der Waals surface area contributed by atoms with Crippen LogP contribution in [0, 0.1) is 0 Å². The third-order valence-corrected chi connectivity index (χ3v) is 6.11. The highest BCUT2D eigenvalue weighted by atomic mass is 16.5. The standard InChI is InChI=1S/C27H31N7O3/c1-5-22(33(15-14-32(2)3)25(35)20-16-29-27(37-4)30-17-20)24-31-23-21(12-9-13-28-23)26(36)34(24)18-19-10-7-6-8-11-19/h6-13,16-17,22H,5,14-15,18H2,1-4H3. The van der Waals surface area contributed by atoms with Crippen molar-refractivity contribution in [1.82, 2.24) is 34.3 Å². The number of nitrogens with zero attached hydrogens (tertiary/aromatic N) is 7. The predicted molar refractivity (Wildman–Crippen MR) is 141 cm³/mol. The second kappa shape index (κ2) is 11.7. The number of ether oxygens (including phenoxy) is 1. The van der Waals surface area contributed by atoms with Crippen LogP contribution in [-0.4, -0.2) is 74.5 Å². The van der Waals surface area contributed by atoms with E-state index in [9.17, 15) is 9.59 Å².